The maximum absolute atomic E-state index is 13.9. The third kappa shape index (κ3) is 5.26. The van der Waals surface area contributed by atoms with E-state index in [-0.39, 0.29) is 22.8 Å². The molecule has 4 aromatic heterocycles. The van der Waals surface area contributed by atoms with Gasteiger partial charge < -0.3 is 14.6 Å². The minimum atomic E-state index is -1.13. The van der Waals surface area contributed by atoms with Crippen LogP contribution in [-0.4, -0.2) is 42.1 Å². The first kappa shape index (κ1) is 23.4. The van der Waals surface area contributed by atoms with Gasteiger partial charge in [-0.1, -0.05) is 10.4 Å². The number of hydrogen-bond acceptors (Lipinski definition) is 9. The van der Waals surface area contributed by atoms with E-state index in [1.807, 2.05) is 0 Å². The molecule has 0 saturated carbocycles. The molecule has 14 heteroatoms. The van der Waals surface area contributed by atoms with E-state index in [0.29, 0.717) is 17.1 Å². The fraction of sp³-hybridized carbons (Fsp3) is 0.190. The molecule has 0 bridgehead atoms. The average molecular weight is 484 g/mol. The van der Waals surface area contributed by atoms with Crippen LogP contribution in [0.1, 0.15) is 34.8 Å². The Morgan fingerprint density at radius 3 is 2.63 bits per heavy atom. The molecule has 0 aromatic carbocycles. The fourth-order valence-corrected chi connectivity index (χ4v) is 3.01. The van der Waals surface area contributed by atoms with Crippen LogP contribution in [0, 0.1) is 18.7 Å². The number of nitrogens with zero attached hydrogens (tertiary/aromatic N) is 6. The van der Waals surface area contributed by atoms with E-state index < -0.39 is 29.9 Å². The predicted octanol–water partition coefficient (Wildman–Crippen LogP) is 3.41. The average Bonchev–Trinajstić information content (AvgIpc) is 3.42. The van der Waals surface area contributed by atoms with Crippen LogP contribution in [0.3, 0.4) is 0 Å². The first-order valence-corrected chi connectivity index (χ1v) is 10.1. The largest absolute Gasteiger partial charge is 0.441 e. The van der Waals surface area contributed by atoms with Crippen molar-refractivity contribution in [3.63, 3.8) is 0 Å². The van der Waals surface area contributed by atoms with Crippen LogP contribution < -0.4 is 10.6 Å². The van der Waals surface area contributed by atoms with Crippen molar-refractivity contribution in [2.75, 3.05) is 10.6 Å². The van der Waals surface area contributed by atoms with Crippen molar-refractivity contribution in [3.8, 4) is 11.4 Å². The summed E-state index contributed by atoms with van der Waals surface area (Å²) < 4.78 is 38.6. The van der Waals surface area contributed by atoms with Crippen molar-refractivity contribution in [1.82, 2.24) is 30.1 Å². The quantitative estimate of drug-likeness (QED) is 0.392. The summed E-state index contributed by atoms with van der Waals surface area (Å²) in [5, 5.41) is 16.6. The normalized spacial score (nSPS) is 11.7. The fourth-order valence-electron chi connectivity index (χ4n) is 3.01. The summed E-state index contributed by atoms with van der Waals surface area (Å²) in [5.74, 6) is -2.03. The highest BCUT2D eigenvalue weighted by atomic mass is 19.1. The van der Waals surface area contributed by atoms with Gasteiger partial charge in [-0.2, -0.15) is 4.39 Å². The lowest BCUT2D eigenvalue weighted by atomic mass is 10.2. The molecule has 180 valence electrons. The molecule has 4 heterocycles. The van der Waals surface area contributed by atoms with E-state index in [1.54, 1.807) is 19.1 Å². The Bertz CT molecular complexity index is 1390. The molecule has 0 saturated heterocycles. The standard InChI is InChI=1S/C21H18F2N8O4/c1-10-6-16(35-29-10)20(32)26-13-4-5-15(24-9-13)17-19(31(3)30-28-17)27-21(33)34-11(2)14-7-12(22)8-25-18(14)23/h4-9,11H,1-3H3,(H,26,32)(H,27,33)/t11-/m1/s1. The highest BCUT2D eigenvalue weighted by Gasteiger charge is 2.21. The summed E-state index contributed by atoms with van der Waals surface area (Å²) in [5.41, 5.74) is 1.26. The second-order valence-electron chi connectivity index (χ2n) is 7.34. The van der Waals surface area contributed by atoms with Gasteiger partial charge in [0, 0.05) is 13.1 Å². The predicted molar refractivity (Wildman–Crippen MR) is 116 cm³/mol. The summed E-state index contributed by atoms with van der Waals surface area (Å²) in [4.78, 5) is 32.1. The number of aromatic nitrogens is 6. The van der Waals surface area contributed by atoms with Crippen LogP contribution >= 0.6 is 0 Å². The van der Waals surface area contributed by atoms with Crippen LogP contribution in [0.25, 0.3) is 11.4 Å². The smallest absolute Gasteiger partial charge is 0.413 e. The maximum atomic E-state index is 13.9. The Morgan fingerprint density at radius 1 is 1.14 bits per heavy atom. The topological polar surface area (TPSA) is 150 Å². The van der Waals surface area contributed by atoms with Gasteiger partial charge in [0.2, 0.25) is 11.7 Å². The van der Waals surface area contributed by atoms with Crippen LogP contribution in [0.2, 0.25) is 0 Å². The molecule has 1 atom stereocenters. The molecule has 12 nitrogen and oxygen atoms in total. The van der Waals surface area contributed by atoms with Gasteiger partial charge >= 0.3 is 6.09 Å². The highest BCUT2D eigenvalue weighted by molar-refractivity contribution is 6.02. The molecule has 0 aliphatic heterocycles. The molecule has 0 unspecified atom stereocenters. The van der Waals surface area contributed by atoms with Crippen LogP contribution in [0.15, 0.2) is 41.2 Å². The Kier molecular flexibility index (Phi) is 6.44. The minimum absolute atomic E-state index is 0.0497. The van der Waals surface area contributed by atoms with Gasteiger partial charge in [0.25, 0.3) is 5.91 Å². The lowest BCUT2D eigenvalue weighted by Gasteiger charge is -2.15. The van der Waals surface area contributed by atoms with Crippen molar-refractivity contribution < 1.29 is 27.6 Å². The van der Waals surface area contributed by atoms with Crippen molar-refractivity contribution in [2.24, 2.45) is 7.05 Å². The van der Waals surface area contributed by atoms with Crippen molar-refractivity contribution in [1.29, 1.82) is 0 Å². The number of nitrogens with one attached hydrogen (secondary N) is 2. The van der Waals surface area contributed by atoms with E-state index in [1.165, 1.54) is 30.9 Å². The Balaban J connectivity index is 1.45. The number of carbonyl (C=O) groups is 2. The molecule has 4 aromatic rings. The molecular formula is C21H18F2N8O4. The number of rotatable bonds is 6. The van der Waals surface area contributed by atoms with Gasteiger partial charge in [-0.3, -0.25) is 15.1 Å². The van der Waals surface area contributed by atoms with Crippen LogP contribution in [0.5, 0.6) is 0 Å². The maximum Gasteiger partial charge on any atom is 0.413 e. The Hall–Kier alpha value is -4.75. The second kappa shape index (κ2) is 9.62. The summed E-state index contributed by atoms with van der Waals surface area (Å²) >= 11 is 0. The number of aryl methyl sites for hydroxylation is 2. The summed E-state index contributed by atoms with van der Waals surface area (Å²) in [6.07, 6.45) is 0.0173. The van der Waals surface area contributed by atoms with Gasteiger partial charge in [0.15, 0.2) is 11.5 Å². The minimum Gasteiger partial charge on any atom is -0.441 e. The number of carbonyl (C=O) groups excluding carboxylic acids is 2. The number of hydrogen-bond donors (Lipinski definition) is 2. The zero-order valence-corrected chi connectivity index (χ0v) is 18.6. The second-order valence-corrected chi connectivity index (χ2v) is 7.34. The van der Waals surface area contributed by atoms with E-state index in [0.717, 1.165) is 12.3 Å². The summed E-state index contributed by atoms with van der Waals surface area (Å²) in [6.45, 7) is 3.06. The summed E-state index contributed by atoms with van der Waals surface area (Å²) in [6, 6.07) is 5.51. The van der Waals surface area contributed by atoms with E-state index >= 15 is 0 Å². The molecule has 2 N–H and O–H groups in total. The van der Waals surface area contributed by atoms with E-state index in [9.17, 15) is 18.4 Å². The molecule has 4 rings (SSSR count). The van der Waals surface area contributed by atoms with Gasteiger partial charge in [0.1, 0.15) is 11.9 Å². The van der Waals surface area contributed by atoms with Crippen molar-refractivity contribution >= 4 is 23.5 Å². The highest BCUT2D eigenvalue weighted by Crippen LogP contribution is 2.26. The van der Waals surface area contributed by atoms with E-state index in [2.05, 4.69) is 36.1 Å². The SMILES string of the molecule is Cc1cc(C(=O)Nc2ccc(-c3nnn(C)c3NC(=O)O[C@H](C)c3cc(F)cnc3F)nc2)on1. The van der Waals surface area contributed by atoms with E-state index in [4.69, 9.17) is 9.26 Å². The molecule has 2 amide bonds. The molecule has 0 radical (unpaired) electrons. The third-order valence-corrected chi connectivity index (χ3v) is 4.72. The monoisotopic (exact) mass is 484 g/mol. The zero-order chi connectivity index (χ0) is 25.1. The summed E-state index contributed by atoms with van der Waals surface area (Å²) in [7, 11) is 1.53. The first-order chi connectivity index (χ1) is 16.7. The number of pyridine rings is 2. The Labute approximate surface area is 196 Å². The third-order valence-electron chi connectivity index (χ3n) is 4.72. The molecule has 0 fully saturated rings. The first-order valence-electron chi connectivity index (χ1n) is 10.1. The van der Waals surface area contributed by atoms with Gasteiger partial charge in [-0.05, 0) is 32.0 Å². The van der Waals surface area contributed by atoms with Crippen LogP contribution in [0.4, 0.5) is 25.1 Å². The molecule has 0 aliphatic carbocycles. The number of ether oxygens (including phenoxy) is 1. The number of amides is 2. The molecular weight excluding hydrogens is 466 g/mol. The molecule has 35 heavy (non-hydrogen) atoms. The molecule has 0 spiro atoms. The van der Waals surface area contributed by atoms with Crippen molar-refractivity contribution in [3.05, 3.63) is 65.4 Å². The van der Waals surface area contributed by atoms with Gasteiger partial charge in [-0.25, -0.2) is 18.9 Å². The number of anilines is 2. The zero-order valence-electron chi connectivity index (χ0n) is 18.6. The van der Waals surface area contributed by atoms with Gasteiger partial charge in [0.05, 0.1) is 35.0 Å². The molecule has 0 aliphatic rings. The lowest BCUT2D eigenvalue weighted by molar-refractivity contribution is 0.0987. The van der Waals surface area contributed by atoms with Crippen molar-refractivity contribution in [2.45, 2.75) is 20.0 Å². The van der Waals surface area contributed by atoms with Crippen LogP contribution in [-0.2, 0) is 11.8 Å². The number of halogens is 2. The van der Waals surface area contributed by atoms with Gasteiger partial charge in [-0.15, -0.1) is 5.10 Å². The lowest BCUT2D eigenvalue weighted by Crippen LogP contribution is -2.19. The Morgan fingerprint density at radius 2 is 1.94 bits per heavy atom.